The maximum Gasteiger partial charge on any atom is 0.359 e. The smallest absolute Gasteiger partial charge is 0.359 e. The molecule has 5 atom stereocenters. The van der Waals surface area contributed by atoms with Crippen LogP contribution in [0.1, 0.15) is 26.2 Å². The normalized spacial score (nSPS) is 41.5. The molecule has 1 heterocycles. The summed E-state index contributed by atoms with van der Waals surface area (Å²) in [4.78, 5) is 11.4. The minimum absolute atomic E-state index is 0.0783. The highest BCUT2D eigenvalue weighted by Crippen LogP contribution is 2.34. The lowest BCUT2D eigenvalue weighted by Gasteiger charge is -2.47. The van der Waals surface area contributed by atoms with Crippen molar-refractivity contribution in [2.24, 2.45) is 0 Å². The van der Waals surface area contributed by atoms with Gasteiger partial charge in [-0.3, -0.25) is 9.53 Å². The van der Waals surface area contributed by atoms with Gasteiger partial charge in [-0.05, 0) is 6.42 Å². The van der Waals surface area contributed by atoms with Crippen molar-refractivity contribution in [3.8, 4) is 0 Å². The molecule has 1 aliphatic heterocycles. The number of hydrogen-bond donors (Lipinski definition) is 6. The Balaban J connectivity index is 2.88. The summed E-state index contributed by atoms with van der Waals surface area (Å²) in [5.74, 6) is -6.78. The molecule has 0 aromatic heterocycles. The highest BCUT2D eigenvalue weighted by Gasteiger charge is 2.62. The second-order valence-electron chi connectivity index (χ2n) is 4.69. The number of ether oxygens (including phenoxy) is 2. The van der Waals surface area contributed by atoms with E-state index in [9.17, 15) is 30.3 Å². The molecule has 0 radical (unpaired) electrons. The average Bonchev–Trinajstić information content (AvgIpc) is 2.40. The third-order valence-corrected chi connectivity index (χ3v) is 3.03. The third kappa shape index (κ3) is 3.26. The Kier molecular flexibility index (Phi) is 5.44. The van der Waals surface area contributed by atoms with Crippen LogP contribution >= 0.6 is 0 Å². The summed E-state index contributed by atoms with van der Waals surface area (Å²) in [6.45, 7) is 0.616. The number of rotatable bonds is 5. The predicted molar refractivity (Wildman–Crippen MR) is 61.7 cm³/mol. The van der Waals surface area contributed by atoms with E-state index in [1.54, 1.807) is 0 Å². The lowest BCUT2D eigenvalue weighted by Crippen LogP contribution is -2.72. The van der Waals surface area contributed by atoms with Crippen molar-refractivity contribution in [3.05, 3.63) is 0 Å². The minimum atomic E-state index is -3.07. The highest BCUT2D eigenvalue weighted by atomic mass is 16.9. The first-order valence-corrected chi connectivity index (χ1v) is 6.22. The molecule has 1 aliphatic rings. The summed E-state index contributed by atoms with van der Waals surface area (Å²) in [5.41, 5.74) is 0. The lowest BCUT2D eigenvalue weighted by molar-refractivity contribution is -0.492. The van der Waals surface area contributed by atoms with E-state index >= 15 is 0 Å². The van der Waals surface area contributed by atoms with Gasteiger partial charge in [-0.15, -0.1) is 0 Å². The zero-order valence-electron chi connectivity index (χ0n) is 11.0. The molecule has 118 valence electrons. The van der Waals surface area contributed by atoms with Crippen LogP contribution in [0.15, 0.2) is 0 Å². The molecule has 9 nitrogen and oxygen atoms in total. The molecule has 1 fully saturated rings. The molecule has 0 saturated carbocycles. The molecule has 9 heteroatoms. The van der Waals surface area contributed by atoms with Crippen molar-refractivity contribution in [3.63, 3.8) is 0 Å². The van der Waals surface area contributed by atoms with Crippen molar-refractivity contribution in [1.82, 2.24) is 0 Å². The Morgan fingerprint density at radius 1 is 1.25 bits per heavy atom. The molecule has 0 bridgehead atoms. The van der Waals surface area contributed by atoms with Crippen LogP contribution < -0.4 is 0 Å². The van der Waals surface area contributed by atoms with Crippen LogP contribution in [0.25, 0.3) is 0 Å². The molecule has 20 heavy (non-hydrogen) atoms. The molecule has 0 aliphatic carbocycles. The zero-order valence-corrected chi connectivity index (χ0v) is 11.0. The van der Waals surface area contributed by atoms with Crippen molar-refractivity contribution >= 4 is 5.97 Å². The number of aliphatic hydroxyl groups excluding tert-OH is 4. The first-order chi connectivity index (χ1) is 9.20. The summed E-state index contributed by atoms with van der Waals surface area (Å²) in [6.07, 6.45) is -5.35. The van der Waals surface area contributed by atoms with E-state index in [0.29, 0.717) is 12.8 Å². The van der Waals surface area contributed by atoms with E-state index < -0.39 is 42.6 Å². The van der Waals surface area contributed by atoms with Gasteiger partial charge in [0.25, 0.3) is 0 Å². The van der Waals surface area contributed by atoms with Gasteiger partial charge in [-0.25, -0.2) is 0 Å². The van der Waals surface area contributed by atoms with Gasteiger partial charge in [-0.2, -0.15) is 0 Å². The number of esters is 1. The Labute approximate surface area is 115 Å². The fraction of sp³-hybridized carbons (Fsp3) is 0.909. The molecule has 0 spiro atoms. The minimum Gasteiger partial charge on any atom is -0.405 e. The van der Waals surface area contributed by atoms with Crippen LogP contribution in [-0.4, -0.2) is 73.3 Å². The van der Waals surface area contributed by atoms with E-state index in [4.69, 9.17) is 5.11 Å². The molecule has 1 saturated heterocycles. The van der Waals surface area contributed by atoms with Crippen molar-refractivity contribution in [1.29, 1.82) is 0 Å². The standard InChI is InChI=1S/C11H20O9/c1-2-3-4-6(13)19-11(18)9(16)7(14)8(15)10(17,5-12)20-11/h7-9,12,14-18H,2-5H2,1H3/t7-,8-,9-,10-,11?/m0/s1. The van der Waals surface area contributed by atoms with Crippen molar-refractivity contribution in [2.45, 2.75) is 56.3 Å². The van der Waals surface area contributed by atoms with Gasteiger partial charge >= 0.3 is 11.9 Å². The van der Waals surface area contributed by atoms with Crippen molar-refractivity contribution < 1.29 is 44.9 Å². The van der Waals surface area contributed by atoms with Gasteiger partial charge in [0, 0.05) is 6.42 Å². The molecular formula is C11H20O9. The van der Waals surface area contributed by atoms with E-state index in [0.717, 1.165) is 0 Å². The summed E-state index contributed by atoms with van der Waals surface area (Å²) in [5, 5.41) is 57.2. The van der Waals surface area contributed by atoms with Crippen molar-refractivity contribution in [2.75, 3.05) is 6.61 Å². The second kappa shape index (κ2) is 6.31. The predicted octanol–water partition coefficient (Wildman–Crippen LogP) is -2.84. The number of hydrogen-bond acceptors (Lipinski definition) is 9. The summed E-state index contributed by atoms with van der Waals surface area (Å²) < 4.78 is 9.03. The van der Waals surface area contributed by atoms with Crippen LogP contribution in [0.2, 0.25) is 0 Å². The van der Waals surface area contributed by atoms with Gasteiger partial charge in [0.05, 0.1) is 0 Å². The Morgan fingerprint density at radius 2 is 1.85 bits per heavy atom. The number of carbonyl (C=O) groups excluding carboxylic acids is 1. The SMILES string of the molecule is CCCCC(=O)OC1(O)O[C@@](O)(CO)[C@@H](O)[C@H](O)[C@@H]1O. The highest BCUT2D eigenvalue weighted by molar-refractivity contribution is 5.69. The third-order valence-electron chi connectivity index (χ3n) is 3.03. The van der Waals surface area contributed by atoms with E-state index in [1.165, 1.54) is 0 Å². The zero-order chi connectivity index (χ0) is 15.6. The quantitative estimate of drug-likeness (QED) is 0.232. The van der Waals surface area contributed by atoms with Crippen LogP contribution in [0, 0.1) is 0 Å². The molecule has 0 aromatic rings. The molecule has 0 amide bonds. The van der Waals surface area contributed by atoms with Gasteiger partial charge in [0.1, 0.15) is 18.8 Å². The maximum absolute atomic E-state index is 11.4. The van der Waals surface area contributed by atoms with Crippen LogP contribution in [0.3, 0.4) is 0 Å². The van der Waals surface area contributed by atoms with E-state index in [1.807, 2.05) is 6.92 Å². The summed E-state index contributed by atoms with van der Waals surface area (Å²) in [7, 11) is 0. The monoisotopic (exact) mass is 296 g/mol. The van der Waals surface area contributed by atoms with E-state index in [-0.39, 0.29) is 6.42 Å². The molecule has 6 N–H and O–H groups in total. The maximum atomic E-state index is 11.4. The first-order valence-electron chi connectivity index (χ1n) is 6.22. The van der Waals surface area contributed by atoms with E-state index in [2.05, 4.69) is 9.47 Å². The Hall–Kier alpha value is -0.810. The molecule has 0 aromatic carbocycles. The average molecular weight is 296 g/mol. The van der Waals surface area contributed by atoms with Crippen LogP contribution in [-0.2, 0) is 14.3 Å². The number of unbranched alkanes of at least 4 members (excludes halogenated alkanes) is 1. The van der Waals surface area contributed by atoms with Gasteiger partial charge in [-0.1, -0.05) is 13.3 Å². The lowest BCUT2D eigenvalue weighted by atomic mass is 9.95. The Bertz CT molecular complexity index is 349. The largest absolute Gasteiger partial charge is 0.405 e. The number of aliphatic hydroxyl groups is 6. The molecule has 1 unspecified atom stereocenters. The fourth-order valence-corrected chi connectivity index (χ4v) is 1.77. The van der Waals surface area contributed by atoms with Gasteiger partial charge in [0.15, 0.2) is 6.10 Å². The topological polar surface area (TPSA) is 157 Å². The van der Waals surface area contributed by atoms with Gasteiger partial charge < -0.3 is 35.4 Å². The fourth-order valence-electron chi connectivity index (χ4n) is 1.77. The van der Waals surface area contributed by atoms with Crippen LogP contribution in [0.5, 0.6) is 0 Å². The first kappa shape index (κ1) is 17.2. The number of carbonyl (C=O) groups is 1. The Morgan fingerprint density at radius 3 is 2.35 bits per heavy atom. The summed E-state index contributed by atoms with van der Waals surface area (Å²) >= 11 is 0. The molecular weight excluding hydrogens is 276 g/mol. The van der Waals surface area contributed by atoms with Crippen LogP contribution in [0.4, 0.5) is 0 Å². The van der Waals surface area contributed by atoms with Gasteiger partial charge in [0.2, 0.25) is 5.79 Å². The molecule has 1 rings (SSSR count). The summed E-state index contributed by atoms with van der Waals surface area (Å²) in [6, 6.07) is 0. The second-order valence-corrected chi connectivity index (χ2v) is 4.69.